The van der Waals surface area contributed by atoms with Crippen molar-refractivity contribution < 1.29 is 9.59 Å². The summed E-state index contributed by atoms with van der Waals surface area (Å²) in [6, 6.07) is -0.631. The molecule has 0 aromatic carbocycles. The first kappa shape index (κ1) is 22.1. The topological polar surface area (TPSA) is 72.2 Å². The summed E-state index contributed by atoms with van der Waals surface area (Å²) in [5, 5.41) is 2.48. The van der Waals surface area contributed by atoms with E-state index in [-0.39, 0.29) is 17.7 Å². The molecule has 0 saturated heterocycles. The summed E-state index contributed by atoms with van der Waals surface area (Å²) < 4.78 is 0. The number of nitrogens with two attached hydrogens (primary N) is 1. The Morgan fingerprint density at radius 1 is 0.783 bits per heavy atom. The van der Waals surface area contributed by atoms with Crippen LogP contribution in [0.5, 0.6) is 0 Å². The summed E-state index contributed by atoms with van der Waals surface area (Å²) in [6.07, 6.45) is 13.7. The van der Waals surface area contributed by atoms with Crippen molar-refractivity contribution >= 4 is 11.8 Å². The predicted octanol–water partition coefficient (Wildman–Crippen LogP) is 4.31. The van der Waals surface area contributed by atoms with Gasteiger partial charge in [-0.2, -0.15) is 0 Å². The number of amides is 2. The van der Waals surface area contributed by atoms with Gasteiger partial charge in [-0.15, -0.1) is 0 Å². The molecule has 0 saturated carbocycles. The second-order valence-corrected chi connectivity index (χ2v) is 6.74. The third kappa shape index (κ3) is 12.2. The van der Waals surface area contributed by atoms with E-state index in [1.807, 2.05) is 0 Å². The average Bonchev–Trinajstić information content (AvgIpc) is 2.52. The summed E-state index contributed by atoms with van der Waals surface area (Å²) >= 11 is 0. The maximum Gasteiger partial charge on any atom is 0.243 e. The van der Waals surface area contributed by atoms with Crippen LogP contribution in [0.4, 0.5) is 0 Å². The smallest absolute Gasteiger partial charge is 0.243 e. The summed E-state index contributed by atoms with van der Waals surface area (Å²) in [5.74, 6) is -0.533. The van der Waals surface area contributed by atoms with E-state index in [9.17, 15) is 9.59 Å². The number of carbonyl (C=O) groups is 2. The molecular weight excluding hydrogens is 288 g/mol. The van der Waals surface area contributed by atoms with Gasteiger partial charge in [-0.05, 0) is 19.8 Å². The minimum Gasteiger partial charge on any atom is -0.320 e. The Hall–Kier alpha value is -0.900. The number of hydrogen-bond donors (Lipinski definition) is 2. The number of carbonyl (C=O) groups excluding carboxylic acids is 2. The Labute approximate surface area is 143 Å². The van der Waals surface area contributed by atoms with Crippen molar-refractivity contribution in [3.8, 4) is 0 Å². The first-order chi connectivity index (χ1) is 11.0. The quantitative estimate of drug-likeness (QED) is 0.467. The van der Waals surface area contributed by atoms with Gasteiger partial charge in [0, 0.05) is 5.92 Å². The zero-order chi connectivity index (χ0) is 17.5. The van der Waals surface area contributed by atoms with E-state index in [1.165, 1.54) is 44.9 Å². The molecular formula is C19H38N2O2. The third-order valence-electron chi connectivity index (χ3n) is 4.34. The van der Waals surface area contributed by atoms with Crippen LogP contribution in [0.25, 0.3) is 0 Å². The highest BCUT2D eigenvalue weighted by Gasteiger charge is 2.21. The molecule has 136 valence electrons. The lowest BCUT2D eigenvalue weighted by Gasteiger charge is -2.17. The summed E-state index contributed by atoms with van der Waals surface area (Å²) in [4.78, 5) is 23.9. The molecule has 2 amide bonds. The van der Waals surface area contributed by atoms with Gasteiger partial charge < -0.3 is 5.73 Å². The van der Waals surface area contributed by atoms with Crippen LogP contribution >= 0.6 is 0 Å². The van der Waals surface area contributed by atoms with Crippen molar-refractivity contribution in [2.75, 3.05) is 0 Å². The Morgan fingerprint density at radius 2 is 1.22 bits per heavy atom. The van der Waals surface area contributed by atoms with E-state index in [0.29, 0.717) is 0 Å². The van der Waals surface area contributed by atoms with Gasteiger partial charge >= 0.3 is 0 Å². The van der Waals surface area contributed by atoms with Gasteiger partial charge in [0.25, 0.3) is 0 Å². The van der Waals surface area contributed by atoms with E-state index in [2.05, 4.69) is 19.2 Å². The van der Waals surface area contributed by atoms with Crippen molar-refractivity contribution in [1.82, 2.24) is 5.32 Å². The van der Waals surface area contributed by atoms with Crippen LogP contribution in [0.1, 0.15) is 97.8 Å². The molecule has 0 aliphatic rings. The average molecular weight is 327 g/mol. The Balaban J connectivity index is 4.21. The van der Waals surface area contributed by atoms with Crippen molar-refractivity contribution in [3.63, 3.8) is 0 Å². The molecule has 3 N–H and O–H groups in total. The minimum absolute atomic E-state index is 0.0410. The summed E-state index contributed by atoms with van der Waals surface area (Å²) in [7, 11) is 0. The van der Waals surface area contributed by atoms with E-state index in [1.54, 1.807) is 6.92 Å². The lowest BCUT2D eigenvalue weighted by Crippen LogP contribution is -2.44. The molecule has 4 nitrogen and oxygen atoms in total. The number of rotatable bonds is 14. The fourth-order valence-corrected chi connectivity index (χ4v) is 2.73. The largest absolute Gasteiger partial charge is 0.320 e. The van der Waals surface area contributed by atoms with E-state index < -0.39 is 6.04 Å². The van der Waals surface area contributed by atoms with Crippen molar-refractivity contribution in [3.05, 3.63) is 0 Å². The van der Waals surface area contributed by atoms with Crippen LogP contribution in [-0.2, 0) is 9.59 Å². The molecule has 4 heteroatoms. The minimum atomic E-state index is -0.631. The first-order valence-electron chi connectivity index (χ1n) is 9.63. The lowest BCUT2D eigenvalue weighted by molar-refractivity contribution is -0.133. The van der Waals surface area contributed by atoms with Gasteiger partial charge in [-0.1, -0.05) is 78.1 Å². The monoisotopic (exact) mass is 326 g/mol. The van der Waals surface area contributed by atoms with E-state index in [4.69, 9.17) is 5.73 Å². The highest BCUT2D eigenvalue weighted by molar-refractivity contribution is 5.98. The molecule has 0 aliphatic carbocycles. The zero-order valence-electron chi connectivity index (χ0n) is 15.5. The maximum atomic E-state index is 12.3. The second-order valence-electron chi connectivity index (χ2n) is 6.74. The Bertz CT molecular complexity index is 316. The van der Waals surface area contributed by atoms with Crippen LogP contribution in [0, 0.1) is 5.92 Å². The highest BCUT2D eigenvalue weighted by Crippen LogP contribution is 2.19. The van der Waals surface area contributed by atoms with Crippen LogP contribution in [0.3, 0.4) is 0 Å². The van der Waals surface area contributed by atoms with Gasteiger partial charge in [0.1, 0.15) is 0 Å². The molecule has 0 fully saturated rings. The molecule has 0 heterocycles. The first-order valence-corrected chi connectivity index (χ1v) is 9.63. The Kier molecular flexibility index (Phi) is 14.1. The molecule has 0 aliphatic heterocycles. The van der Waals surface area contributed by atoms with Gasteiger partial charge in [-0.3, -0.25) is 14.9 Å². The summed E-state index contributed by atoms with van der Waals surface area (Å²) in [6.45, 7) is 6.00. The molecule has 0 rings (SSSR count). The van der Waals surface area contributed by atoms with Gasteiger partial charge in [0.15, 0.2) is 0 Å². The molecule has 23 heavy (non-hydrogen) atoms. The SMILES string of the molecule is CCCCCCCCC(CCCCCC)C(=O)NC(=O)[C@H](C)N. The fraction of sp³-hybridized carbons (Fsp3) is 0.895. The van der Waals surface area contributed by atoms with Gasteiger partial charge in [-0.25, -0.2) is 0 Å². The lowest BCUT2D eigenvalue weighted by atomic mass is 9.93. The molecule has 0 spiro atoms. The van der Waals surface area contributed by atoms with Crippen molar-refractivity contribution in [2.45, 2.75) is 104 Å². The normalized spacial score (nSPS) is 13.6. The number of unbranched alkanes of at least 4 members (excludes halogenated alkanes) is 8. The highest BCUT2D eigenvalue weighted by atomic mass is 16.2. The molecule has 0 radical (unpaired) electrons. The summed E-state index contributed by atoms with van der Waals surface area (Å²) in [5.41, 5.74) is 5.53. The van der Waals surface area contributed by atoms with Gasteiger partial charge in [0.05, 0.1) is 6.04 Å². The molecule has 0 bridgehead atoms. The molecule has 2 atom stereocenters. The van der Waals surface area contributed by atoms with Crippen LogP contribution < -0.4 is 11.1 Å². The number of imide groups is 1. The molecule has 0 aromatic rings. The van der Waals surface area contributed by atoms with E-state index in [0.717, 1.165) is 32.1 Å². The maximum absolute atomic E-state index is 12.3. The van der Waals surface area contributed by atoms with Crippen LogP contribution in [0.2, 0.25) is 0 Å². The van der Waals surface area contributed by atoms with Gasteiger partial charge in [0.2, 0.25) is 11.8 Å². The van der Waals surface area contributed by atoms with Crippen LogP contribution in [0.15, 0.2) is 0 Å². The second kappa shape index (κ2) is 14.7. The fourth-order valence-electron chi connectivity index (χ4n) is 2.73. The number of nitrogens with one attached hydrogen (secondary N) is 1. The molecule has 0 aromatic heterocycles. The zero-order valence-corrected chi connectivity index (χ0v) is 15.5. The van der Waals surface area contributed by atoms with Crippen molar-refractivity contribution in [2.24, 2.45) is 11.7 Å². The molecule has 1 unspecified atom stereocenters. The third-order valence-corrected chi connectivity index (χ3v) is 4.34. The van der Waals surface area contributed by atoms with Crippen molar-refractivity contribution in [1.29, 1.82) is 0 Å². The van der Waals surface area contributed by atoms with Crippen LogP contribution in [-0.4, -0.2) is 17.9 Å². The number of hydrogen-bond acceptors (Lipinski definition) is 3. The van der Waals surface area contributed by atoms with E-state index >= 15 is 0 Å². The standard InChI is InChI=1S/C19H38N2O2/c1-4-6-8-10-11-13-15-17(14-12-9-7-5-2)19(23)21-18(22)16(3)20/h16-17H,4-15,20H2,1-3H3,(H,21,22,23)/t16-,17?/m0/s1. The predicted molar refractivity (Wildman–Crippen MR) is 97.0 cm³/mol. The Morgan fingerprint density at radius 3 is 1.70 bits per heavy atom.